The lowest BCUT2D eigenvalue weighted by Crippen LogP contribution is -2.24. The van der Waals surface area contributed by atoms with Crippen molar-refractivity contribution in [2.24, 2.45) is 0 Å². The molecule has 0 fully saturated rings. The van der Waals surface area contributed by atoms with E-state index in [2.05, 4.69) is 15.2 Å². The standard InChI is InChI=1S/C16H19N3O4/c1-9-6-11(15(21)23-16(3,4)5)8-17-14(9)22-12-7-10(2)18-19-13(12)20/h6-8H,1-5H3,(H,19,20). The maximum atomic E-state index is 12.0. The molecule has 0 aromatic carbocycles. The lowest BCUT2D eigenvalue weighted by molar-refractivity contribution is 0.00689. The van der Waals surface area contributed by atoms with Crippen molar-refractivity contribution < 1.29 is 14.3 Å². The number of carbonyl (C=O) groups excluding carboxylic acids is 1. The fourth-order valence-corrected chi connectivity index (χ4v) is 1.78. The van der Waals surface area contributed by atoms with Crippen molar-refractivity contribution in [2.75, 3.05) is 0 Å². The largest absolute Gasteiger partial charge is 0.456 e. The van der Waals surface area contributed by atoms with E-state index in [1.807, 2.05) is 0 Å². The zero-order valence-electron chi connectivity index (χ0n) is 13.8. The van der Waals surface area contributed by atoms with E-state index in [0.717, 1.165) is 0 Å². The highest BCUT2D eigenvalue weighted by Gasteiger charge is 2.19. The molecule has 1 N–H and O–H groups in total. The highest BCUT2D eigenvalue weighted by molar-refractivity contribution is 5.89. The first-order valence-corrected chi connectivity index (χ1v) is 7.10. The van der Waals surface area contributed by atoms with Gasteiger partial charge < -0.3 is 9.47 Å². The van der Waals surface area contributed by atoms with E-state index in [1.165, 1.54) is 12.3 Å². The number of hydrogen-bond acceptors (Lipinski definition) is 6. The Labute approximate surface area is 133 Å². The predicted octanol–water partition coefficient (Wildman–Crippen LogP) is 2.53. The van der Waals surface area contributed by atoms with Gasteiger partial charge in [0.05, 0.1) is 11.3 Å². The van der Waals surface area contributed by atoms with E-state index in [4.69, 9.17) is 9.47 Å². The van der Waals surface area contributed by atoms with Crippen LogP contribution in [0.4, 0.5) is 0 Å². The van der Waals surface area contributed by atoms with Crippen LogP contribution in [0.25, 0.3) is 0 Å². The average Bonchev–Trinajstić information content (AvgIpc) is 2.43. The van der Waals surface area contributed by atoms with Gasteiger partial charge >= 0.3 is 11.5 Å². The molecule has 2 aromatic rings. The van der Waals surface area contributed by atoms with Gasteiger partial charge in [-0.3, -0.25) is 4.79 Å². The van der Waals surface area contributed by atoms with Gasteiger partial charge in [-0.25, -0.2) is 14.9 Å². The molecule has 0 aliphatic rings. The van der Waals surface area contributed by atoms with Crippen LogP contribution in [-0.2, 0) is 4.74 Å². The van der Waals surface area contributed by atoms with Crippen LogP contribution < -0.4 is 10.3 Å². The molecule has 2 rings (SSSR count). The van der Waals surface area contributed by atoms with Gasteiger partial charge in [-0.15, -0.1) is 0 Å². The minimum atomic E-state index is -0.581. The highest BCUT2D eigenvalue weighted by atomic mass is 16.6. The molecule has 0 aliphatic heterocycles. The minimum Gasteiger partial charge on any atom is -0.456 e. The van der Waals surface area contributed by atoms with Gasteiger partial charge in [0.15, 0.2) is 5.75 Å². The number of nitrogens with zero attached hydrogens (tertiary/aromatic N) is 2. The molecule has 7 heteroatoms. The van der Waals surface area contributed by atoms with Crippen molar-refractivity contribution in [3.8, 4) is 11.6 Å². The van der Waals surface area contributed by atoms with Crippen LogP contribution in [0.15, 0.2) is 23.1 Å². The smallest absolute Gasteiger partial charge is 0.340 e. The van der Waals surface area contributed by atoms with Crippen LogP contribution in [0.1, 0.15) is 42.4 Å². The van der Waals surface area contributed by atoms with E-state index < -0.39 is 17.1 Å². The van der Waals surface area contributed by atoms with Crippen LogP contribution in [0, 0.1) is 13.8 Å². The van der Waals surface area contributed by atoms with Crippen molar-refractivity contribution >= 4 is 5.97 Å². The molecular formula is C16H19N3O4. The molecule has 2 heterocycles. The number of nitrogens with one attached hydrogen (secondary N) is 1. The molecule has 0 radical (unpaired) electrons. The number of pyridine rings is 1. The maximum absolute atomic E-state index is 12.0. The number of rotatable bonds is 3. The molecule has 0 atom stereocenters. The Kier molecular flexibility index (Phi) is 4.49. The second-order valence-corrected chi connectivity index (χ2v) is 6.15. The summed E-state index contributed by atoms with van der Waals surface area (Å²) in [6.45, 7) is 8.84. The Morgan fingerprint density at radius 3 is 2.52 bits per heavy atom. The molecular weight excluding hydrogens is 298 g/mol. The second-order valence-electron chi connectivity index (χ2n) is 6.15. The van der Waals surface area contributed by atoms with Gasteiger partial charge in [0.25, 0.3) is 0 Å². The number of aromatic amines is 1. The van der Waals surface area contributed by atoms with E-state index in [-0.39, 0.29) is 11.6 Å². The van der Waals surface area contributed by atoms with Crippen LogP contribution in [0.2, 0.25) is 0 Å². The van der Waals surface area contributed by atoms with Gasteiger partial charge in [0.2, 0.25) is 5.88 Å². The summed E-state index contributed by atoms with van der Waals surface area (Å²) in [5.41, 5.74) is 0.518. The first kappa shape index (κ1) is 16.7. The number of hydrogen-bond donors (Lipinski definition) is 1. The third kappa shape index (κ3) is 4.38. The zero-order valence-corrected chi connectivity index (χ0v) is 13.8. The number of ether oxygens (including phenoxy) is 2. The summed E-state index contributed by atoms with van der Waals surface area (Å²) in [5, 5.41) is 6.11. The molecule has 0 saturated carbocycles. The molecule has 23 heavy (non-hydrogen) atoms. The summed E-state index contributed by atoms with van der Waals surface area (Å²) < 4.78 is 10.8. The molecule has 0 unspecified atom stereocenters. The Bertz CT molecular complexity index is 791. The number of esters is 1. The number of H-pyrrole nitrogens is 1. The fourth-order valence-electron chi connectivity index (χ4n) is 1.78. The van der Waals surface area contributed by atoms with Gasteiger partial charge in [-0.2, -0.15) is 5.10 Å². The maximum Gasteiger partial charge on any atom is 0.340 e. The van der Waals surface area contributed by atoms with Gasteiger partial charge in [0.1, 0.15) is 5.60 Å². The van der Waals surface area contributed by atoms with Crippen LogP contribution in [0.5, 0.6) is 11.6 Å². The first-order valence-electron chi connectivity index (χ1n) is 7.10. The van der Waals surface area contributed by atoms with Crippen LogP contribution in [0.3, 0.4) is 0 Å². The summed E-state index contributed by atoms with van der Waals surface area (Å²) in [5.74, 6) is -0.122. The Morgan fingerprint density at radius 1 is 1.22 bits per heavy atom. The van der Waals surface area contributed by atoms with Crippen molar-refractivity contribution in [1.82, 2.24) is 15.2 Å². The molecule has 0 spiro atoms. The van der Waals surface area contributed by atoms with E-state index >= 15 is 0 Å². The molecule has 122 valence electrons. The Morgan fingerprint density at radius 2 is 1.91 bits per heavy atom. The summed E-state index contributed by atoms with van der Waals surface area (Å²) >= 11 is 0. The summed E-state index contributed by atoms with van der Waals surface area (Å²) in [6, 6.07) is 3.13. The number of aryl methyl sites for hydroxylation is 2. The summed E-state index contributed by atoms with van der Waals surface area (Å²) in [4.78, 5) is 27.8. The Hall–Kier alpha value is -2.70. The lowest BCUT2D eigenvalue weighted by atomic mass is 10.1. The monoisotopic (exact) mass is 317 g/mol. The van der Waals surface area contributed by atoms with Gasteiger partial charge in [0, 0.05) is 17.8 Å². The summed E-state index contributed by atoms with van der Waals surface area (Å²) in [6.07, 6.45) is 1.36. The average molecular weight is 317 g/mol. The lowest BCUT2D eigenvalue weighted by Gasteiger charge is -2.19. The van der Waals surface area contributed by atoms with Crippen LogP contribution in [-0.4, -0.2) is 26.8 Å². The molecule has 2 aromatic heterocycles. The molecule has 0 saturated heterocycles. The topological polar surface area (TPSA) is 94.2 Å². The van der Waals surface area contributed by atoms with Crippen molar-refractivity contribution in [3.63, 3.8) is 0 Å². The van der Waals surface area contributed by atoms with Crippen LogP contribution >= 0.6 is 0 Å². The number of aromatic nitrogens is 3. The predicted molar refractivity (Wildman–Crippen MR) is 83.8 cm³/mol. The minimum absolute atomic E-state index is 0.0955. The third-order valence-electron chi connectivity index (χ3n) is 2.77. The number of carbonyl (C=O) groups is 1. The highest BCUT2D eigenvalue weighted by Crippen LogP contribution is 2.22. The van der Waals surface area contributed by atoms with Crippen molar-refractivity contribution in [3.05, 3.63) is 45.5 Å². The normalized spacial score (nSPS) is 11.2. The quantitative estimate of drug-likeness (QED) is 0.874. The first-order chi connectivity index (χ1) is 10.7. The Balaban J connectivity index is 2.24. The van der Waals surface area contributed by atoms with Gasteiger partial charge in [-0.05, 0) is 40.7 Å². The van der Waals surface area contributed by atoms with E-state index in [9.17, 15) is 9.59 Å². The molecule has 0 amide bonds. The SMILES string of the molecule is Cc1cc(Oc2ncc(C(=O)OC(C)(C)C)cc2C)c(=O)[nH]n1. The molecule has 7 nitrogen and oxygen atoms in total. The van der Waals surface area contributed by atoms with Gasteiger partial charge in [-0.1, -0.05) is 0 Å². The van der Waals surface area contributed by atoms with E-state index in [0.29, 0.717) is 16.8 Å². The zero-order chi connectivity index (χ0) is 17.2. The molecule has 0 aliphatic carbocycles. The van der Waals surface area contributed by atoms with E-state index in [1.54, 1.807) is 40.7 Å². The van der Waals surface area contributed by atoms with Crippen molar-refractivity contribution in [1.29, 1.82) is 0 Å². The molecule has 0 bridgehead atoms. The summed E-state index contributed by atoms with van der Waals surface area (Å²) in [7, 11) is 0. The third-order valence-corrected chi connectivity index (χ3v) is 2.77. The second kappa shape index (κ2) is 6.20. The van der Waals surface area contributed by atoms with Crippen molar-refractivity contribution in [2.45, 2.75) is 40.2 Å². The fraction of sp³-hybridized carbons (Fsp3) is 0.375.